The quantitative estimate of drug-likeness (QED) is 0.787. The minimum Gasteiger partial charge on any atom is -0.445 e. The van der Waals surface area contributed by atoms with Crippen LogP contribution in [0.3, 0.4) is 0 Å². The predicted molar refractivity (Wildman–Crippen MR) is 84.1 cm³/mol. The lowest BCUT2D eigenvalue weighted by atomic mass is 10.2. The van der Waals surface area contributed by atoms with Gasteiger partial charge in [-0.2, -0.15) is 12.7 Å². The van der Waals surface area contributed by atoms with Gasteiger partial charge in [-0.15, -0.1) is 10.2 Å². The van der Waals surface area contributed by atoms with Crippen molar-refractivity contribution in [3.05, 3.63) is 48.3 Å². The zero-order chi connectivity index (χ0) is 17.0. The molecule has 1 amide bonds. The average molecular weight is 351 g/mol. The lowest BCUT2D eigenvalue weighted by Gasteiger charge is -2.32. The summed E-state index contributed by atoms with van der Waals surface area (Å²) in [4.78, 5) is 13.6. The van der Waals surface area contributed by atoms with Crippen LogP contribution in [-0.2, 0) is 21.6 Å². The molecule has 3 rings (SSSR count). The predicted octanol–water partition coefficient (Wildman–Crippen LogP) is 0.325. The first-order valence-corrected chi connectivity index (χ1v) is 8.79. The second-order valence-corrected chi connectivity index (χ2v) is 6.92. The SMILES string of the molecule is O=C(OCc1ccccc1)N1CCN(S(=O)(=O)n2nccn2)CC1. The molecule has 10 heteroatoms. The number of aromatic nitrogens is 3. The fourth-order valence-electron chi connectivity index (χ4n) is 2.34. The minimum absolute atomic E-state index is 0.171. The van der Waals surface area contributed by atoms with Crippen molar-refractivity contribution in [2.45, 2.75) is 6.61 Å². The van der Waals surface area contributed by atoms with Crippen LogP contribution in [0.4, 0.5) is 4.79 Å². The first kappa shape index (κ1) is 16.4. The zero-order valence-corrected chi connectivity index (χ0v) is 13.7. The van der Waals surface area contributed by atoms with E-state index in [1.54, 1.807) is 0 Å². The first-order chi connectivity index (χ1) is 11.6. The topological polar surface area (TPSA) is 97.6 Å². The number of benzene rings is 1. The standard InChI is InChI=1S/C14H17N5O4S/c20-14(23-12-13-4-2-1-3-5-13)17-8-10-18(11-9-17)24(21,22)19-15-6-7-16-19/h1-7H,8-12H2. The highest BCUT2D eigenvalue weighted by molar-refractivity contribution is 7.87. The highest BCUT2D eigenvalue weighted by Crippen LogP contribution is 2.10. The molecule has 0 N–H and O–H groups in total. The highest BCUT2D eigenvalue weighted by atomic mass is 32.2. The van der Waals surface area contributed by atoms with Crippen molar-refractivity contribution in [3.8, 4) is 0 Å². The van der Waals surface area contributed by atoms with Crippen molar-refractivity contribution in [3.63, 3.8) is 0 Å². The molecule has 24 heavy (non-hydrogen) atoms. The normalized spacial score (nSPS) is 16.1. The van der Waals surface area contributed by atoms with E-state index >= 15 is 0 Å². The Morgan fingerprint density at radius 1 is 1.04 bits per heavy atom. The van der Waals surface area contributed by atoms with E-state index in [0.29, 0.717) is 4.20 Å². The highest BCUT2D eigenvalue weighted by Gasteiger charge is 2.31. The van der Waals surface area contributed by atoms with Crippen LogP contribution in [0.2, 0.25) is 0 Å². The van der Waals surface area contributed by atoms with E-state index in [9.17, 15) is 13.2 Å². The molecular weight excluding hydrogens is 334 g/mol. The van der Waals surface area contributed by atoms with Crippen molar-refractivity contribution < 1.29 is 17.9 Å². The Hall–Kier alpha value is -2.46. The van der Waals surface area contributed by atoms with Gasteiger partial charge >= 0.3 is 16.3 Å². The maximum absolute atomic E-state index is 12.3. The number of hydrogen-bond acceptors (Lipinski definition) is 6. The van der Waals surface area contributed by atoms with E-state index in [0.717, 1.165) is 5.56 Å². The number of carbonyl (C=O) groups excluding carboxylic acids is 1. The van der Waals surface area contributed by atoms with E-state index in [4.69, 9.17) is 4.74 Å². The van der Waals surface area contributed by atoms with E-state index in [-0.39, 0.29) is 32.8 Å². The largest absolute Gasteiger partial charge is 0.445 e. The first-order valence-electron chi connectivity index (χ1n) is 7.40. The second kappa shape index (κ2) is 6.97. The van der Waals surface area contributed by atoms with Crippen LogP contribution in [0.15, 0.2) is 42.7 Å². The van der Waals surface area contributed by atoms with Gasteiger partial charge in [0.15, 0.2) is 0 Å². The molecule has 1 aromatic heterocycles. The number of carbonyl (C=O) groups is 1. The summed E-state index contributed by atoms with van der Waals surface area (Å²) in [7, 11) is -3.77. The molecule has 9 nitrogen and oxygen atoms in total. The maximum Gasteiger partial charge on any atom is 0.410 e. The van der Waals surface area contributed by atoms with Gasteiger partial charge in [0, 0.05) is 26.2 Å². The summed E-state index contributed by atoms with van der Waals surface area (Å²) >= 11 is 0. The van der Waals surface area contributed by atoms with E-state index in [1.165, 1.54) is 21.6 Å². The van der Waals surface area contributed by atoms with Gasteiger partial charge < -0.3 is 9.64 Å². The van der Waals surface area contributed by atoms with Crippen molar-refractivity contribution in [2.24, 2.45) is 0 Å². The average Bonchev–Trinajstić information content (AvgIpc) is 3.16. The number of nitrogens with zero attached hydrogens (tertiary/aromatic N) is 5. The van der Waals surface area contributed by atoms with Gasteiger partial charge in [-0.05, 0) is 5.56 Å². The Morgan fingerprint density at radius 2 is 1.67 bits per heavy atom. The molecule has 1 aliphatic heterocycles. The molecule has 2 heterocycles. The van der Waals surface area contributed by atoms with Crippen molar-refractivity contribution in [1.29, 1.82) is 0 Å². The Labute approximate surface area is 139 Å². The third-order valence-corrected chi connectivity index (χ3v) is 5.25. The van der Waals surface area contributed by atoms with E-state index < -0.39 is 16.3 Å². The summed E-state index contributed by atoms with van der Waals surface area (Å²) < 4.78 is 31.7. The molecule has 0 radical (unpaired) electrons. The molecule has 1 aliphatic rings. The van der Waals surface area contributed by atoms with Gasteiger partial charge in [0.1, 0.15) is 6.61 Å². The monoisotopic (exact) mass is 351 g/mol. The molecule has 2 aromatic rings. The number of ether oxygens (including phenoxy) is 1. The summed E-state index contributed by atoms with van der Waals surface area (Å²) in [5.74, 6) is 0. The van der Waals surface area contributed by atoms with Crippen LogP contribution >= 0.6 is 0 Å². The molecule has 128 valence electrons. The Kier molecular flexibility index (Phi) is 4.76. The van der Waals surface area contributed by atoms with Crippen molar-refractivity contribution in [2.75, 3.05) is 26.2 Å². The van der Waals surface area contributed by atoms with Crippen molar-refractivity contribution in [1.82, 2.24) is 23.6 Å². The Bertz CT molecular complexity index is 771. The summed E-state index contributed by atoms with van der Waals surface area (Å²) in [6, 6.07) is 9.37. The molecule has 0 spiro atoms. The lowest BCUT2D eigenvalue weighted by Crippen LogP contribution is -2.52. The van der Waals surface area contributed by atoms with Crippen molar-refractivity contribution >= 4 is 16.3 Å². The lowest BCUT2D eigenvalue weighted by molar-refractivity contribution is 0.0836. The molecule has 0 aliphatic carbocycles. The molecule has 0 atom stereocenters. The van der Waals surface area contributed by atoms with Crippen LogP contribution < -0.4 is 0 Å². The van der Waals surface area contributed by atoms with Gasteiger partial charge in [0.2, 0.25) is 0 Å². The van der Waals surface area contributed by atoms with Gasteiger partial charge in [-0.25, -0.2) is 4.79 Å². The van der Waals surface area contributed by atoms with Gasteiger partial charge in [0.05, 0.1) is 12.4 Å². The molecule has 1 fully saturated rings. The van der Waals surface area contributed by atoms with Crippen LogP contribution in [0, 0.1) is 0 Å². The molecular formula is C14H17N5O4S. The second-order valence-electron chi connectivity index (χ2n) is 5.19. The number of amides is 1. The molecule has 0 saturated carbocycles. The van der Waals surface area contributed by atoms with Gasteiger partial charge in [-0.1, -0.05) is 34.5 Å². The summed E-state index contributed by atoms with van der Waals surface area (Å²) in [5, 5.41) is 7.30. The van der Waals surface area contributed by atoms with Crippen LogP contribution in [-0.4, -0.2) is 64.3 Å². The zero-order valence-electron chi connectivity index (χ0n) is 12.9. The number of piperazine rings is 1. The smallest absolute Gasteiger partial charge is 0.410 e. The molecule has 1 aromatic carbocycles. The molecule has 0 unspecified atom stereocenters. The van der Waals surface area contributed by atoms with Crippen LogP contribution in [0.5, 0.6) is 0 Å². The summed E-state index contributed by atoms with van der Waals surface area (Å²) in [6.45, 7) is 1.05. The Balaban J connectivity index is 1.52. The summed E-state index contributed by atoms with van der Waals surface area (Å²) in [6.07, 6.45) is 2.15. The van der Waals surface area contributed by atoms with E-state index in [1.807, 2.05) is 30.3 Å². The number of rotatable bonds is 4. The van der Waals surface area contributed by atoms with Gasteiger partial charge in [-0.3, -0.25) is 0 Å². The van der Waals surface area contributed by atoms with Gasteiger partial charge in [0.25, 0.3) is 0 Å². The fraction of sp³-hybridized carbons (Fsp3) is 0.357. The fourth-order valence-corrected chi connectivity index (χ4v) is 3.52. The van der Waals surface area contributed by atoms with Crippen LogP contribution in [0.1, 0.15) is 5.56 Å². The third-order valence-electron chi connectivity index (χ3n) is 3.63. The third kappa shape index (κ3) is 3.54. The van der Waals surface area contributed by atoms with Crippen LogP contribution in [0.25, 0.3) is 0 Å². The summed E-state index contributed by atoms with van der Waals surface area (Å²) in [5.41, 5.74) is 0.900. The Morgan fingerprint density at radius 3 is 2.29 bits per heavy atom. The minimum atomic E-state index is -3.77. The van der Waals surface area contributed by atoms with E-state index in [2.05, 4.69) is 10.2 Å². The molecule has 1 saturated heterocycles. The maximum atomic E-state index is 12.3. The molecule has 0 bridgehead atoms. The number of hydrogen-bond donors (Lipinski definition) is 0.